The molecule has 1 heterocycles. The molecule has 0 spiro atoms. The second-order valence-corrected chi connectivity index (χ2v) is 5.82. The van der Waals surface area contributed by atoms with Gasteiger partial charge in [-0.3, -0.25) is 4.90 Å². The first kappa shape index (κ1) is 13.2. The minimum absolute atomic E-state index is 0.939. The van der Waals surface area contributed by atoms with E-state index in [-0.39, 0.29) is 0 Å². The molecule has 20 heavy (non-hydrogen) atoms. The molecule has 0 saturated carbocycles. The smallest absolute Gasteiger partial charge is 0.0362 e. The molecule has 3 rings (SSSR count). The van der Waals surface area contributed by atoms with Crippen LogP contribution < -0.4 is 5.73 Å². The van der Waals surface area contributed by atoms with Crippen molar-refractivity contribution in [3.63, 3.8) is 0 Å². The molecule has 0 atom stereocenters. The first-order valence-corrected chi connectivity index (χ1v) is 7.29. The van der Waals surface area contributed by atoms with Crippen molar-refractivity contribution >= 4 is 5.69 Å². The molecule has 0 amide bonds. The topological polar surface area (TPSA) is 29.3 Å². The van der Waals surface area contributed by atoms with Crippen molar-refractivity contribution < 1.29 is 0 Å². The number of hydrogen-bond acceptors (Lipinski definition) is 2. The van der Waals surface area contributed by atoms with E-state index in [1.54, 1.807) is 0 Å². The normalized spacial score (nSPS) is 15.1. The van der Waals surface area contributed by atoms with E-state index in [0.29, 0.717) is 0 Å². The van der Waals surface area contributed by atoms with Gasteiger partial charge in [-0.1, -0.05) is 30.3 Å². The van der Waals surface area contributed by atoms with Crippen molar-refractivity contribution in [1.82, 2.24) is 4.90 Å². The van der Waals surface area contributed by atoms with Crippen molar-refractivity contribution in [2.24, 2.45) is 0 Å². The quantitative estimate of drug-likeness (QED) is 0.844. The fourth-order valence-corrected chi connectivity index (χ4v) is 3.12. The molecule has 0 fully saturated rings. The third kappa shape index (κ3) is 2.44. The standard InChI is InChI=1S/C18H22N2/c1-13-5-3-6-14(2)16(13)11-20-10-9-15-7-4-8-18(19)17(15)12-20/h3-8H,9-12,19H2,1-2H3. The number of hydrogen-bond donors (Lipinski definition) is 1. The Kier molecular flexibility index (Phi) is 3.49. The van der Waals surface area contributed by atoms with Crippen LogP contribution in [-0.2, 0) is 19.5 Å². The van der Waals surface area contributed by atoms with Gasteiger partial charge in [-0.25, -0.2) is 0 Å². The van der Waals surface area contributed by atoms with Gasteiger partial charge in [0.05, 0.1) is 0 Å². The number of benzene rings is 2. The minimum Gasteiger partial charge on any atom is -0.398 e. The highest BCUT2D eigenvalue weighted by atomic mass is 15.1. The Morgan fingerprint density at radius 2 is 1.75 bits per heavy atom. The summed E-state index contributed by atoms with van der Waals surface area (Å²) in [6.07, 6.45) is 1.10. The van der Waals surface area contributed by atoms with Gasteiger partial charge in [0, 0.05) is 25.3 Å². The highest BCUT2D eigenvalue weighted by Gasteiger charge is 2.19. The lowest BCUT2D eigenvalue weighted by Gasteiger charge is -2.30. The zero-order chi connectivity index (χ0) is 14.1. The lowest BCUT2D eigenvalue weighted by molar-refractivity contribution is 0.245. The van der Waals surface area contributed by atoms with Gasteiger partial charge in [0.1, 0.15) is 0 Å². The summed E-state index contributed by atoms with van der Waals surface area (Å²) in [5.74, 6) is 0. The van der Waals surface area contributed by atoms with E-state index < -0.39 is 0 Å². The van der Waals surface area contributed by atoms with Crippen LogP contribution in [0, 0.1) is 13.8 Å². The number of rotatable bonds is 2. The Morgan fingerprint density at radius 1 is 1.05 bits per heavy atom. The van der Waals surface area contributed by atoms with Crippen molar-refractivity contribution in [2.75, 3.05) is 12.3 Å². The fourth-order valence-electron chi connectivity index (χ4n) is 3.12. The zero-order valence-electron chi connectivity index (χ0n) is 12.3. The fraction of sp³-hybridized carbons (Fsp3) is 0.333. The van der Waals surface area contributed by atoms with Crippen LogP contribution in [0.4, 0.5) is 5.69 Å². The molecule has 0 bridgehead atoms. The predicted molar refractivity (Wildman–Crippen MR) is 84.6 cm³/mol. The average Bonchev–Trinajstić information content (AvgIpc) is 2.44. The Balaban J connectivity index is 1.83. The molecule has 104 valence electrons. The molecule has 2 heteroatoms. The van der Waals surface area contributed by atoms with Crippen molar-refractivity contribution in [2.45, 2.75) is 33.4 Å². The van der Waals surface area contributed by atoms with Crippen LogP contribution in [0.2, 0.25) is 0 Å². The molecule has 0 aromatic heterocycles. The summed E-state index contributed by atoms with van der Waals surface area (Å²) in [5.41, 5.74) is 14.0. The number of nitrogens with two attached hydrogens (primary N) is 1. The molecule has 2 N–H and O–H groups in total. The summed E-state index contributed by atoms with van der Waals surface area (Å²) >= 11 is 0. The van der Waals surface area contributed by atoms with Crippen LogP contribution in [-0.4, -0.2) is 11.4 Å². The summed E-state index contributed by atoms with van der Waals surface area (Å²) in [7, 11) is 0. The lowest BCUT2D eigenvalue weighted by Crippen LogP contribution is -2.31. The number of nitrogen functional groups attached to an aromatic ring is 1. The molecule has 1 aliphatic heterocycles. The minimum atomic E-state index is 0.939. The van der Waals surface area contributed by atoms with Crippen LogP contribution in [0.3, 0.4) is 0 Å². The summed E-state index contributed by atoms with van der Waals surface area (Å²) in [6, 6.07) is 12.8. The maximum atomic E-state index is 6.13. The molecule has 1 aliphatic rings. The monoisotopic (exact) mass is 266 g/mol. The number of fused-ring (bicyclic) bond motifs is 1. The summed E-state index contributed by atoms with van der Waals surface area (Å²) in [4.78, 5) is 2.51. The number of nitrogens with zero attached hydrogens (tertiary/aromatic N) is 1. The van der Waals surface area contributed by atoms with E-state index in [4.69, 9.17) is 5.73 Å². The number of aryl methyl sites for hydroxylation is 2. The Morgan fingerprint density at radius 3 is 2.50 bits per heavy atom. The maximum absolute atomic E-state index is 6.13. The van der Waals surface area contributed by atoms with Crippen LogP contribution in [0.15, 0.2) is 36.4 Å². The highest BCUT2D eigenvalue weighted by Crippen LogP contribution is 2.26. The van der Waals surface area contributed by atoms with Gasteiger partial charge in [0.15, 0.2) is 0 Å². The van der Waals surface area contributed by atoms with Crippen LogP contribution in [0.25, 0.3) is 0 Å². The molecule has 2 aromatic carbocycles. The van der Waals surface area contributed by atoms with Crippen molar-refractivity contribution in [1.29, 1.82) is 0 Å². The SMILES string of the molecule is Cc1cccc(C)c1CN1CCc2cccc(N)c2C1. The summed E-state index contributed by atoms with van der Waals surface area (Å²) in [6.45, 7) is 7.51. The van der Waals surface area contributed by atoms with E-state index in [1.165, 1.54) is 27.8 Å². The van der Waals surface area contributed by atoms with Crippen LogP contribution in [0.1, 0.15) is 27.8 Å². The van der Waals surface area contributed by atoms with Crippen molar-refractivity contribution in [3.8, 4) is 0 Å². The van der Waals surface area contributed by atoms with Gasteiger partial charge in [0.2, 0.25) is 0 Å². The molecule has 0 unspecified atom stereocenters. The van der Waals surface area contributed by atoms with E-state index in [1.807, 2.05) is 6.07 Å². The molecule has 0 saturated heterocycles. The lowest BCUT2D eigenvalue weighted by atomic mass is 9.96. The molecular formula is C18H22N2. The molecule has 2 aromatic rings. The van der Waals surface area contributed by atoms with Gasteiger partial charge in [-0.2, -0.15) is 0 Å². The first-order valence-electron chi connectivity index (χ1n) is 7.29. The van der Waals surface area contributed by atoms with Crippen LogP contribution in [0.5, 0.6) is 0 Å². The largest absolute Gasteiger partial charge is 0.398 e. The maximum Gasteiger partial charge on any atom is 0.0362 e. The van der Waals surface area contributed by atoms with E-state index in [9.17, 15) is 0 Å². The molecule has 0 aliphatic carbocycles. The predicted octanol–water partition coefficient (Wildman–Crippen LogP) is 3.44. The van der Waals surface area contributed by atoms with Gasteiger partial charge in [0.25, 0.3) is 0 Å². The second-order valence-electron chi connectivity index (χ2n) is 5.82. The Hall–Kier alpha value is -1.80. The first-order chi connectivity index (χ1) is 9.65. The average molecular weight is 266 g/mol. The second kappa shape index (κ2) is 5.29. The van der Waals surface area contributed by atoms with E-state index >= 15 is 0 Å². The molecular weight excluding hydrogens is 244 g/mol. The van der Waals surface area contributed by atoms with Crippen molar-refractivity contribution in [3.05, 3.63) is 64.2 Å². The third-order valence-electron chi connectivity index (χ3n) is 4.41. The van der Waals surface area contributed by atoms with E-state index in [0.717, 1.165) is 31.7 Å². The third-order valence-corrected chi connectivity index (χ3v) is 4.41. The highest BCUT2D eigenvalue weighted by molar-refractivity contribution is 5.51. The molecule has 2 nitrogen and oxygen atoms in total. The number of anilines is 1. The van der Waals surface area contributed by atoms with Gasteiger partial charge < -0.3 is 5.73 Å². The van der Waals surface area contributed by atoms with E-state index in [2.05, 4.69) is 49.1 Å². The summed E-state index contributed by atoms with van der Waals surface area (Å²) < 4.78 is 0. The molecule has 0 radical (unpaired) electrons. The zero-order valence-corrected chi connectivity index (χ0v) is 12.3. The van der Waals surface area contributed by atoms with Gasteiger partial charge in [-0.15, -0.1) is 0 Å². The van der Waals surface area contributed by atoms with Gasteiger partial charge in [-0.05, 0) is 54.2 Å². The Labute approximate surface area is 121 Å². The summed E-state index contributed by atoms with van der Waals surface area (Å²) in [5, 5.41) is 0. The van der Waals surface area contributed by atoms with Crippen LogP contribution >= 0.6 is 0 Å². The van der Waals surface area contributed by atoms with Gasteiger partial charge >= 0.3 is 0 Å². The Bertz CT molecular complexity index is 611.